The van der Waals surface area contributed by atoms with Gasteiger partial charge in [0.2, 0.25) is 0 Å². The van der Waals surface area contributed by atoms with Crippen molar-refractivity contribution in [3.63, 3.8) is 0 Å². The fourth-order valence-electron chi connectivity index (χ4n) is 2.58. The van der Waals surface area contributed by atoms with Gasteiger partial charge in [-0.05, 0) is 39.3 Å². The van der Waals surface area contributed by atoms with Gasteiger partial charge in [-0.2, -0.15) is 5.10 Å². The molecular weight excluding hydrogens is 359 g/mol. The molecule has 2 rings (SSSR count). The Labute approximate surface area is 159 Å². The Hall–Kier alpha value is -1.66. The highest BCUT2D eigenvalue weighted by Crippen LogP contribution is 2.25. The van der Waals surface area contributed by atoms with Crippen LogP contribution in [0.25, 0.3) is 0 Å². The molecule has 0 aliphatic rings. The predicted molar refractivity (Wildman–Crippen MR) is 105 cm³/mol. The minimum Gasteiger partial charge on any atom is -0.357 e. The van der Waals surface area contributed by atoms with E-state index in [0.717, 1.165) is 43.4 Å². The van der Waals surface area contributed by atoms with Crippen molar-refractivity contribution in [1.82, 2.24) is 25.0 Å². The van der Waals surface area contributed by atoms with E-state index in [9.17, 15) is 0 Å². The fourth-order valence-corrected chi connectivity index (χ4v) is 3.00. The van der Waals surface area contributed by atoms with Gasteiger partial charge in [0.15, 0.2) is 5.96 Å². The van der Waals surface area contributed by atoms with E-state index in [4.69, 9.17) is 23.2 Å². The number of guanidine groups is 1. The summed E-state index contributed by atoms with van der Waals surface area (Å²) in [5.74, 6) is 0.782. The molecule has 2 heterocycles. The lowest BCUT2D eigenvalue weighted by molar-refractivity contribution is 0.555. The minimum atomic E-state index is 0.510. The van der Waals surface area contributed by atoms with Crippen LogP contribution in [0.5, 0.6) is 0 Å². The van der Waals surface area contributed by atoms with Crippen molar-refractivity contribution < 1.29 is 0 Å². The van der Waals surface area contributed by atoms with Gasteiger partial charge in [0, 0.05) is 38.1 Å². The number of rotatable bonds is 7. The third-order valence-electron chi connectivity index (χ3n) is 3.90. The van der Waals surface area contributed by atoms with Crippen LogP contribution in [0.4, 0.5) is 0 Å². The molecule has 6 nitrogen and oxygen atoms in total. The van der Waals surface area contributed by atoms with Crippen LogP contribution in [-0.2, 0) is 20.1 Å². The summed E-state index contributed by atoms with van der Waals surface area (Å²) in [7, 11) is 1.88. The zero-order chi connectivity index (χ0) is 18.4. The molecule has 0 fully saturated rings. The Kier molecular flexibility index (Phi) is 7.20. The SMILES string of the molecule is CCNC(=NCc1cc(Cl)c(Cl)n1C)NCCCn1nc(C)cc1C. The lowest BCUT2D eigenvalue weighted by atomic mass is 10.4. The zero-order valence-electron chi connectivity index (χ0n) is 15.2. The summed E-state index contributed by atoms with van der Waals surface area (Å²) in [5, 5.41) is 12.2. The number of nitrogens with zero attached hydrogens (tertiary/aromatic N) is 4. The van der Waals surface area contributed by atoms with Crippen LogP contribution < -0.4 is 10.6 Å². The van der Waals surface area contributed by atoms with E-state index >= 15 is 0 Å². The molecule has 0 saturated carbocycles. The van der Waals surface area contributed by atoms with Gasteiger partial charge in [-0.1, -0.05) is 23.2 Å². The molecule has 0 amide bonds. The van der Waals surface area contributed by atoms with Gasteiger partial charge < -0.3 is 15.2 Å². The Morgan fingerprint density at radius 2 is 2.00 bits per heavy atom. The van der Waals surface area contributed by atoms with Crippen LogP contribution >= 0.6 is 23.2 Å². The summed E-state index contributed by atoms with van der Waals surface area (Å²) in [6.45, 7) is 9.15. The summed E-state index contributed by atoms with van der Waals surface area (Å²) < 4.78 is 3.88. The van der Waals surface area contributed by atoms with Crippen molar-refractivity contribution in [3.05, 3.63) is 39.4 Å². The molecule has 0 aromatic carbocycles. The van der Waals surface area contributed by atoms with Gasteiger partial charge in [0.25, 0.3) is 0 Å². The molecule has 25 heavy (non-hydrogen) atoms. The number of aliphatic imine (C=N–C) groups is 1. The quantitative estimate of drug-likeness (QED) is 0.437. The van der Waals surface area contributed by atoms with E-state index in [-0.39, 0.29) is 0 Å². The summed E-state index contributed by atoms with van der Waals surface area (Å²) >= 11 is 12.1. The van der Waals surface area contributed by atoms with E-state index in [1.807, 2.05) is 36.2 Å². The topological polar surface area (TPSA) is 59.2 Å². The summed E-state index contributed by atoms with van der Waals surface area (Å²) in [5.41, 5.74) is 3.21. The first-order valence-electron chi connectivity index (χ1n) is 8.45. The standard InChI is InChI=1S/C17H26Cl2N6/c1-5-20-17(22-11-14-10-15(18)16(19)24(14)4)21-7-6-8-25-13(3)9-12(2)23-25/h9-10H,5-8,11H2,1-4H3,(H2,20,21,22). The molecule has 8 heteroatoms. The Morgan fingerprint density at radius 1 is 1.24 bits per heavy atom. The molecule has 0 bridgehead atoms. The molecule has 0 radical (unpaired) electrons. The van der Waals surface area contributed by atoms with Crippen LogP contribution in [0, 0.1) is 13.8 Å². The van der Waals surface area contributed by atoms with Crippen molar-refractivity contribution in [2.45, 2.75) is 40.3 Å². The molecule has 2 aromatic heterocycles. The highest BCUT2D eigenvalue weighted by molar-refractivity contribution is 6.41. The lowest BCUT2D eigenvalue weighted by Gasteiger charge is -2.12. The van der Waals surface area contributed by atoms with Gasteiger partial charge in [-0.15, -0.1) is 0 Å². The predicted octanol–water partition coefficient (Wildman–Crippen LogP) is 3.29. The third kappa shape index (κ3) is 5.41. The van der Waals surface area contributed by atoms with Crippen LogP contribution in [-0.4, -0.2) is 33.4 Å². The normalized spacial score (nSPS) is 11.8. The van der Waals surface area contributed by atoms with E-state index in [1.165, 1.54) is 5.69 Å². The van der Waals surface area contributed by atoms with Crippen LogP contribution in [0.2, 0.25) is 10.2 Å². The average Bonchev–Trinajstić information content (AvgIpc) is 3.02. The molecule has 0 atom stereocenters. The van der Waals surface area contributed by atoms with Crippen molar-refractivity contribution >= 4 is 29.2 Å². The first-order valence-corrected chi connectivity index (χ1v) is 9.20. The lowest BCUT2D eigenvalue weighted by Crippen LogP contribution is -2.38. The van der Waals surface area contributed by atoms with Gasteiger partial charge in [0.1, 0.15) is 5.15 Å². The number of aryl methyl sites for hydroxylation is 3. The van der Waals surface area contributed by atoms with Crippen molar-refractivity contribution in [2.75, 3.05) is 13.1 Å². The summed E-state index contributed by atoms with van der Waals surface area (Å²) in [6.07, 6.45) is 0.966. The van der Waals surface area contributed by atoms with Gasteiger partial charge in [0.05, 0.1) is 17.3 Å². The van der Waals surface area contributed by atoms with Gasteiger partial charge in [-0.25, -0.2) is 4.99 Å². The first-order chi connectivity index (χ1) is 11.9. The second-order valence-electron chi connectivity index (χ2n) is 5.96. The number of aromatic nitrogens is 3. The Balaban J connectivity index is 1.87. The summed E-state index contributed by atoms with van der Waals surface area (Å²) in [6, 6.07) is 3.94. The highest BCUT2D eigenvalue weighted by Gasteiger charge is 2.08. The Morgan fingerprint density at radius 3 is 2.56 bits per heavy atom. The third-order valence-corrected chi connectivity index (χ3v) is 4.74. The van der Waals surface area contributed by atoms with Crippen LogP contribution in [0.15, 0.2) is 17.1 Å². The second kappa shape index (κ2) is 9.15. The molecule has 2 N–H and O–H groups in total. The second-order valence-corrected chi connectivity index (χ2v) is 6.72. The fraction of sp³-hybridized carbons (Fsp3) is 0.529. The van der Waals surface area contributed by atoms with Crippen LogP contribution in [0.1, 0.15) is 30.4 Å². The monoisotopic (exact) mass is 384 g/mol. The molecule has 0 aliphatic carbocycles. The van der Waals surface area contributed by atoms with Crippen molar-refractivity contribution in [3.8, 4) is 0 Å². The van der Waals surface area contributed by atoms with Crippen molar-refractivity contribution in [2.24, 2.45) is 12.0 Å². The van der Waals surface area contributed by atoms with Crippen molar-refractivity contribution in [1.29, 1.82) is 0 Å². The smallest absolute Gasteiger partial charge is 0.191 e. The van der Waals surface area contributed by atoms with E-state index in [0.29, 0.717) is 16.7 Å². The summed E-state index contributed by atoms with van der Waals surface area (Å²) in [4.78, 5) is 4.60. The maximum Gasteiger partial charge on any atom is 0.191 e. The van der Waals surface area contributed by atoms with Crippen LogP contribution in [0.3, 0.4) is 0 Å². The number of hydrogen-bond donors (Lipinski definition) is 2. The molecule has 0 unspecified atom stereocenters. The molecule has 2 aromatic rings. The molecular formula is C17H26Cl2N6. The maximum absolute atomic E-state index is 6.09. The molecule has 0 spiro atoms. The molecule has 0 aliphatic heterocycles. The zero-order valence-corrected chi connectivity index (χ0v) is 16.7. The van der Waals surface area contributed by atoms with E-state index in [1.54, 1.807) is 0 Å². The minimum absolute atomic E-state index is 0.510. The highest BCUT2D eigenvalue weighted by atomic mass is 35.5. The number of hydrogen-bond acceptors (Lipinski definition) is 2. The van der Waals surface area contributed by atoms with E-state index < -0.39 is 0 Å². The largest absolute Gasteiger partial charge is 0.357 e. The number of halogens is 2. The maximum atomic E-state index is 6.09. The average molecular weight is 385 g/mol. The number of nitrogens with one attached hydrogen (secondary N) is 2. The molecule has 138 valence electrons. The Bertz CT molecular complexity index is 732. The van der Waals surface area contributed by atoms with Gasteiger partial charge in [-0.3, -0.25) is 4.68 Å². The van der Waals surface area contributed by atoms with Gasteiger partial charge >= 0.3 is 0 Å². The first kappa shape index (κ1) is 19.7. The molecule has 0 saturated heterocycles. The van der Waals surface area contributed by atoms with E-state index in [2.05, 4.69) is 33.7 Å².